The van der Waals surface area contributed by atoms with Crippen LogP contribution >= 0.6 is 0 Å². The van der Waals surface area contributed by atoms with Gasteiger partial charge in [0.2, 0.25) is 0 Å². The number of methoxy groups -OCH3 is 1. The van der Waals surface area contributed by atoms with Gasteiger partial charge in [-0.15, -0.1) is 0 Å². The minimum atomic E-state index is -0.0814. The van der Waals surface area contributed by atoms with Crippen LogP contribution in [0.2, 0.25) is 0 Å². The molecule has 0 amide bonds. The lowest BCUT2D eigenvalue weighted by molar-refractivity contribution is -0.00806. The second-order valence-electron chi connectivity index (χ2n) is 8.04. The maximum Gasteiger partial charge on any atom is 0.194 e. The van der Waals surface area contributed by atoms with Gasteiger partial charge in [-0.05, 0) is 24.6 Å². The molecule has 1 aliphatic rings. The largest absolute Gasteiger partial charge is 0.497 e. The zero-order valence-corrected chi connectivity index (χ0v) is 18.2. The van der Waals surface area contributed by atoms with Gasteiger partial charge < -0.3 is 19.7 Å². The Balaban J connectivity index is 1.72. The number of nitrogens with zero attached hydrogens (tertiary/aromatic N) is 4. The summed E-state index contributed by atoms with van der Waals surface area (Å²) in [7, 11) is 3.62. The van der Waals surface area contributed by atoms with Crippen molar-refractivity contribution in [2.75, 3.05) is 39.9 Å². The van der Waals surface area contributed by atoms with Gasteiger partial charge in [0.05, 0.1) is 33.0 Å². The molecule has 1 fully saturated rings. The number of aryl methyl sites for hydroxylation is 1. The molecule has 0 saturated carbocycles. The van der Waals surface area contributed by atoms with Crippen molar-refractivity contribution in [3.63, 3.8) is 0 Å². The summed E-state index contributed by atoms with van der Waals surface area (Å²) >= 11 is 0. The molecule has 3 rings (SSSR count). The monoisotopic (exact) mass is 399 g/mol. The van der Waals surface area contributed by atoms with E-state index in [1.807, 2.05) is 36.3 Å². The molecule has 0 radical (unpaired) electrons. The molecule has 1 aromatic heterocycles. The number of aromatic nitrogens is 2. The molecule has 1 N–H and O–H groups in total. The van der Waals surface area contributed by atoms with Gasteiger partial charge in [-0.1, -0.05) is 26.0 Å². The second kappa shape index (κ2) is 9.31. The van der Waals surface area contributed by atoms with Crippen LogP contribution in [-0.4, -0.2) is 60.5 Å². The molecular formula is C22H33N5O2. The fourth-order valence-corrected chi connectivity index (χ4v) is 3.48. The number of hydrogen-bond donors (Lipinski definition) is 1. The molecule has 0 spiro atoms. The van der Waals surface area contributed by atoms with Crippen molar-refractivity contribution in [2.45, 2.75) is 32.3 Å². The van der Waals surface area contributed by atoms with Crippen LogP contribution < -0.4 is 10.1 Å². The van der Waals surface area contributed by atoms with Crippen molar-refractivity contribution in [1.82, 2.24) is 20.0 Å². The summed E-state index contributed by atoms with van der Waals surface area (Å²) in [6, 6.07) is 8.25. The molecule has 0 aliphatic carbocycles. The first-order valence-corrected chi connectivity index (χ1v) is 10.2. The SMILES string of the molecule is CCNC(=NCC(C)(C)c1ccc(OC)cc1)N1CCOC(c2cnn(C)c2)C1. The molecule has 158 valence electrons. The van der Waals surface area contributed by atoms with Gasteiger partial charge in [0.25, 0.3) is 0 Å². The summed E-state index contributed by atoms with van der Waals surface area (Å²) < 4.78 is 13.1. The lowest BCUT2D eigenvalue weighted by Gasteiger charge is -2.35. The maximum atomic E-state index is 5.98. The highest BCUT2D eigenvalue weighted by Crippen LogP contribution is 2.26. The standard InChI is InChI=1S/C22H33N5O2/c1-6-23-21(24-16-22(2,3)18-7-9-19(28-5)10-8-18)27-11-12-29-20(15-27)17-13-25-26(4)14-17/h7-10,13-14,20H,6,11-12,15-16H2,1-5H3,(H,23,24). The Morgan fingerprint density at radius 1 is 1.34 bits per heavy atom. The number of guanidine groups is 1. The molecule has 1 aromatic carbocycles. The average Bonchev–Trinajstić information content (AvgIpc) is 3.17. The highest BCUT2D eigenvalue weighted by Gasteiger charge is 2.26. The zero-order valence-electron chi connectivity index (χ0n) is 18.2. The topological polar surface area (TPSA) is 63.9 Å². The molecule has 1 atom stereocenters. The molecule has 2 aromatic rings. The molecule has 29 heavy (non-hydrogen) atoms. The first-order chi connectivity index (χ1) is 13.9. The Labute approximate surface area is 173 Å². The normalized spacial score (nSPS) is 18.0. The molecular weight excluding hydrogens is 366 g/mol. The van der Waals surface area contributed by atoms with Gasteiger partial charge in [0.1, 0.15) is 11.9 Å². The summed E-state index contributed by atoms with van der Waals surface area (Å²) in [5.74, 6) is 1.81. The van der Waals surface area contributed by atoms with Gasteiger partial charge in [0, 0.05) is 37.3 Å². The van der Waals surface area contributed by atoms with E-state index in [0.29, 0.717) is 13.2 Å². The number of hydrogen-bond acceptors (Lipinski definition) is 4. The summed E-state index contributed by atoms with van der Waals surface area (Å²) in [6.45, 7) is 10.3. The number of morpholine rings is 1. The second-order valence-corrected chi connectivity index (χ2v) is 8.04. The average molecular weight is 400 g/mol. The fraction of sp³-hybridized carbons (Fsp3) is 0.545. The zero-order chi connectivity index (χ0) is 20.9. The van der Waals surface area contributed by atoms with Gasteiger partial charge in [-0.2, -0.15) is 5.10 Å². The Morgan fingerprint density at radius 3 is 2.72 bits per heavy atom. The highest BCUT2D eigenvalue weighted by atomic mass is 16.5. The minimum absolute atomic E-state index is 0.0101. The number of benzene rings is 1. The third-order valence-electron chi connectivity index (χ3n) is 5.29. The number of rotatable bonds is 6. The van der Waals surface area contributed by atoms with Crippen LogP contribution in [0.1, 0.15) is 38.0 Å². The van der Waals surface area contributed by atoms with Crippen LogP contribution in [0.5, 0.6) is 5.75 Å². The Kier molecular flexibility index (Phi) is 6.79. The Bertz CT molecular complexity index is 813. The third-order valence-corrected chi connectivity index (χ3v) is 5.29. The predicted octanol–water partition coefficient (Wildman–Crippen LogP) is 2.75. The maximum absolute atomic E-state index is 5.98. The van der Waals surface area contributed by atoms with Crippen LogP contribution in [0.3, 0.4) is 0 Å². The highest BCUT2D eigenvalue weighted by molar-refractivity contribution is 5.80. The lowest BCUT2D eigenvalue weighted by atomic mass is 9.85. The molecule has 1 unspecified atom stereocenters. The van der Waals surface area contributed by atoms with Crippen molar-refractivity contribution < 1.29 is 9.47 Å². The van der Waals surface area contributed by atoms with Crippen LogP contribution in [-0.2, 0) is 17.2 Å². The summed E-state index contributed by atoms with van der Waals surface area (Å²) in [5.41, 5.74) is 2.27. The summed E-state index contributed by atoms with van der Waals surface area (Å²) in [5, 5.41) is 7.73. The lowest BCUT2D eigenvalue weighted by Crippen LogP contribution is -2.48. The minimum Gasteiger partial charge on any atom is -0.497 e. The van der Waals surface area contributed by atoms with E-state index >= 15 is 0 Å². The molecule has 0 bridgehead atoms. The van der Waals surface area contributed by atoms with E-state index in [-0.39, 0.29) is 11.5 Å². The number of ether oxygens (including phenoxy) is 2. The van der Waals surface area contributed by atoms with E-state index in [9.17, 15) is 0 Å². The fourth-order valence-electron chi connectivity index (χ4n) is 3.48. The smallest absolute Gasteiger partial charge is 0.194 e. The van der Waals surface area contributed by atoms with Crippen LogP contribution in [0, 0.1) is 0 Å². The van der Waals surface area contributed by atoms with E-state index in [1.54, 1.807) is 7.11 Å². The van der Waals surface area contributed by atoms with Gasteiger partial charge in [-0.25, -0.2) is 0 Å². The summed E-state index contributed by atoms with van der Waals surface area (Å²) in [4.78, 5) is 7.27. The van der Waals surface area contributed by atoms with E-state index in [4.69, 9.17) is 14.5 Å². The van der Waals surface area contributed by atoms with Crippen molar-refractivity contribution >= 4 is 5.96 Å². The molecule has 2 heterocycles. The Morgan fingerprint density at radius 2 is 2.10 bits per heavy atom. The molecule has 7 nitrogen and oxygen atoms in total. The van der Waals surface area contributed by atoms with Gasteiger partial charge in [-0.3, -0.25) is 9.67 Å². The van der Waals surface area contributed by atoms with Gasteiger partial charge >= 0.3 is 0 Å². The van der Waals surface area contributed by atoms with Crippen molar-refractivity contribution in [3.05, 3.63) is 47.8 Å². The summed E-state index contributed by atoms with van der Waals surface area (Å²) in [6.07, 6.45) is 3.91. The molecule has 1 saturated heterocycles. The van der Waals surface area contributed by atoms with E-state index in [2.05, 4.69) is 48.2 Å². The first kappa shape index (κ1) is 21.2. The quantitative estimate of drug-likeness (QED) is 0.598. The van der Waals surface area contributed by atoms with Crippen LogP contribution in [0.25, 0.3) is 0 Å². The van der Waals surface area contributed by atoms with Crippen LogP contribution in [0.4, 0.5) is 0 Å². The Hall–Kier alpha value is -2.54. The van der Waals surface area contributed by atoms with Crippen LogP contribution in [0.15, 0.2) is 41.7 Å². The number of nitrogens with one attached hydrogen (secondary N) is 1. The van der Waals surface area contributed by atoms with Crippen molar-refractivity contribution in [3.8, 4) is 5.75 Å². The molecule has 7 heteroatoms. The van der Waals surface area contributed by atoms with E-state index in [1.165, 1.54) is 5.56 Å². The predicted molar refractivity (Wildman–Crippen MR) is 115 cm³/mol. The molecule has 1 aliphatic heterocycles. The first-order valence-electron chi connectivity index (χ1n) is 10.2. The third kappa shape index (κ3) is 5.29. The van der Waals surface area contributed by atoms with Crippen molar-refractivity contribution in [1.29, 1.82) is 0 Å². The van der Waals surface area contributed by atoms with Gasteiger partial charge in [0.15, 0.2) is 5.96 Å². The number of aliphatic imine (C=N–C) groups is 1. The van der Waals surface area contributed by atoms with E-state index in [0.717, 1.165) is 36.9 Å². The van der Waals surface area contributed by atoms with Crippen molar-refractivity contribution in [2.24, 2.45) is 12.0 Å². The van der Waals surface area contributed by atoms with E-state index < -0.39 is 0 Å².